The van der Waals surface area contributed by atoms with Crippen molar-refractivity contribution in [2.45, 2.75) is 36.6 Å². The van der Waals surface area contributed by atoms with Gasteiger partial charge in [-0.25, -0.2) is 24.6 Å². The summed E-state index contributed by atoms with van der Waals surface area (Å²) in [5.41, 5.74) is 3.31. The van der Waals surface area contributed by atoms with Gasteiger partial charge in [0, 0.05) is 16.9 Å². The van der Waals surface area contributed by atoms with Crippen molar-refractivity contribution >= 4 is 17.6 Å². The molecule has 0 bridgehead atoms. The molecule has 7 heteroatoms. The molecule has 0 aliphatic rings. The number of aromatic nitrogens is 2. The van der Waals surface area contributed by atoms with E-state index in [1.54, 1.807) is 0 Å². The van der Waals surface area contributed by atoms with Gasteiger partial charge in [0.1, 0.15) is 16.7 Å². The molecule has 3 N–H and O–H groups in total. The van der Waals surface area contributed by atoms with Crippen molar-refractivity contribution in [1.29, 1.82) is 0 Å². The summed E-state index contributed by atoms with van der Waals surface area (Å²) in [5.74, 6) is 4.93. The number of nitrogens with two attached hydrogens (primary N) is 1. The lowest BCUT2D eigenvalue weighted by Crippen LogP contribution is -2.13. The van der Waals surface area contributed by atoms with Crippen molar-refractivity contribution in [2.24, 2.45) is 5.84 Å². The van der Waals surface area contributed by atoms with Gasteiger partial charge in [-0.15, -0.1) is 0 Å². The summed E-state index contributed by atoms with van der Waals surface area (Å²) in [4.78, 5) is 9.35. The Balaban J connectivity index is 2.37. The zero-order chi connectivity index (χ0) is 15.4. The average Bonchev–Trinajstić information content (AvgIpc) is 2.46. The SMILES string of the molecule is CCCc1nc(NN)c(C)c(Sc2ccc(F)c(F)c2)n1. The van der Waals surface area contributed by atoms with E-state index in [9.17, 15) is 8.78 Å². The van der Waals surface area contributed by atoms with E-state index in [1.165, 1.54) is 17.8 Å². The van der Waals surface area contributed by atoms with Gasteiger partial charge in [0.15, 0.2) is 11.6 Å². The van der Waals surface area contributed by atoms with Crippen LogP contribution in [0.1, 0.15) is 24.7 Å². The maximum Gasteiger partial charge on any atom is 0.159 e. The van der Waals surface area contributed by atoms with Gasteiger partial charge in [0.2, 0.25) is 0 Å². The second-order valence-corrected chi connectivity index (χ2v) is 5.55. The van der Waals surface area contributed by atoms with Crippen molar-refractivity contribution in [1.82, 2.24) is 9.97 Å². The fourth-order valence-electron chi connectivity index (χ4n) is 1.77. The van der Waals surface area contributed by atoms with Crippen LogP contribution in [0, 0.1) is 18.6 Å². The van der Waals surface area contributed by atoms with Gasteiger partial charge in [-0.2, -0.15) is 0 Å². The monoisotopic (exact) mass is 310 g/mol. The number of nitrogen functional groups attached to an aromatic ring is 1. The van der Waals surface area contributed by atoms with Crippen LogP contribution >= 0.6 is 11.8 Å². The lowest BCUT2D eigenvalue weighted by atomic mass is 10.3. The number of nitrogens with one attached hydrogen (secondary N) is 1. The number of hydrogen-bond acceptors (Lipinski definition) is 5. The predicted octanol–water partition coefficient (Wildman–Crippen LogP) is 3.45. The molecule has 0 amide bonds. The maximum absolute atomic E-state index is 13.3. The van der Waals surface area contributed by atoms with Crippen LogP contribution in [0.25, 0.3) is 0 Å². The number of aryl methyl sites for hydroxylation is 1. The molecule has 2 rings (SSSR count). The first-order valence-electron chi connectivity index (χ1n) is 6.52. The van der Waals surface area contributed by atoms with Gasteiger partial charge in [-0.3, -0.25) is 0 Å². The molecule has 0 unspecified atom stereocenters. The van der Waals surface area contributed by atoms with E-state index in [-0.39, 0.29) is 0 Å². The van der Waals surface area contributed by atoms with E-state index < -0.39 is 11.6 Å². The number of anilines is 1. The standard InChI is InChI=1S/C14H16F2N4S/c1-3-4-12-18-13(20-17)8(2)14(19-12)21-9-5-6-10(15)11(16)7-9/h5-7H,3-4,17H2,1-2H3,(H,18,19,20). The third kappa shape index (κ3) is 3.68. The Morgan fingerprint density at radius 2 is 2.00 bits per heavy atom. The molecular weight excluding hydrogens is 294 g/mol. The number of hydrazine groups is 1. The number of halogens is 2. The predicted molar refractivity (Wildman–Crippen MR) is 79.1 cm³/mol. The first-order valence-corrected chi connectivity index (χ1v) is 7.33. The Morgan fingerprint density at radius 3 is 2.62 bits per heavy atom. The number of hydrogen-bond donors (Lipinski definition) is 2. The third-order valence-electron chi connectivity index (χ3n) is 2.86. The van der Waals surface area contributed by atoms with Crippen LogP contribution in [0.4, 0.5) is 14.6 Å². The van der Waals surface area contributed by atoms with E-state index >= 15 is 0 Å². The molecule has 1 aromatic heterocycles. The Hall–Kier alpha value is -1.73. The van der Waals surface area contributed by atoms with Crippen molar-refractivity contribution in [3.05, 3.63) is 41.2 Å². The fraction of sp³-hybridized carbons (Fsp3) is 0.286. The van der Waals surface area contributed by atoms with Crippen molar-refractivity contribution in [3.63, 3.8) is 0 Å². The van der Waals surface area contributed by atoms with Crippen LogP contribution in [0.5, 0.6) is 0 Å². The topological polar surface area (TPSA) is 63.8 Å². The largest absolute Gasteiger partial charge is 0.308 e. The van der Waals surface area contributed by atoms with Crippen LogP contribution in [0.2, 0.25) is 0 Å². The highest BCUT2D eigenvalue weighted by Gasteiger charge is 2.12. The molecule has 0 fully saturated rings. The Kier molecular flexibility index (Phi) is 5.08. The van der Waals surface area contributed by atoms with E-state index in [2.05, 4.69) is 15.4 Å². The van der Waals surface area contributed by atoms with E-state index in [0.717, 1.165) is 30.5 Å². The molecule has 4 nitrogen and oxygen atoms in total. The first-order chi connectivity index (χ1) is 10.0. The van der Waals surface area contributed by atoms with Crippen molar-refractivity contribution in [3.8, 4) is 0 Å². The molecule has 1 heterocycles. The maximum atomic E-state index is 13.3. The van der Waals surface area contributed by atoms with Crippen LogP contribution < -0.4 is 11.3 Å². The molecule has 0 spiro atoms. The highest BCUT2D eigenvalue weighted by molar-refractivity contribution is 7.99. The van der Waals surface area contributed by atoms with E-state index in [1.807, 2.05) is 13.8 Å². The molecule has 0 saturated heterocycles. The first kappa shape index (κ1) is 15.7. The van der Waals surface area contributed by atoms with E-state index in [4.69, 9.17) is 5.84 Å². The Morgan fingerprint density at radius 1 is 1.24 bits per heavy atom. The highest BCUT2D eigenvalue weighted by Crippen LogP contribution is 2.32. The molecule has 112 valence electrons. The lowest BCUT2D eigenvalue weighted by molar-refractivity contribution is 0.506. The fourth-order valence-corrected chi connectivity index (χ4v) is 2.69. The smallest absolute Gasteiger partial charge is 0.159 e. The molecule has 0 saturated carbocycles. The molecular formula is C14H16F2N4S. The summed E-state index contributed by atoms with van der Waals surface area (Å²) in [6.45, 7) is 3.86. The molecule has 2 aromatic rings. The molecule has 21 heavy (non-hydrogen) atoms. The van der Waals surface area contributed by atoms with Gasteiger partial charge in [-0.05, 0) is 31.5 Å². The minimum atomic E-state index is -0.877. The Bertz CT molecular complexity index is 649. The Labute approximate surface area is 126 Å². The molecule has 0 aliphatic heterocycles. The molecule has 0 radical (unpaired) electrons. The van der Waals surface area contributed by atoms with Crippen molar-refractivity contribution in [2.75, 3.05) is 5.43 Å². The second-order valence-electron chi connectivity index (χ2n) is 4.49. The molecule has 1 aromatic carbocycles. The second kappa shape index (κ2) is 6.82. The minimum absolute atomic E-state index is 0.540. The zero-order valence-corrected chi connectivity index (χ0v) is 12.6. The van der Waals surface area contributed by atoms with Crippen LogP contribution in [0.15, 0.2) is 28.1 Å². The summed E-state index contributed by atoms with van der Waals surface area (Å²) in [7, 11) is 0. The van der Waals surface area contributed by atoms with Gasteiger partial charge in [0.25, 0.3) is 0 Å². The highest BCUT2D eigenvalue weighted by atomic mass is 32.2. The summed E-state index contributed by atoms with van der Waals surface area (Å²) in [5, 5.41) is 0.674. The molecule has 0 aliphatic carbocycles. The van der Waals surface area contributed by atoms with E-state index in [0.29, 0.717) is 21.6 Å². The zero-order valence-electron chi connectivity index (χ0n) is 11.8. The summed E-state index contributed by atoms with van der Waals surface area (Å²) >= 11 is 1.25. The van der Waals surface area contributed by atoms with Gasteiger partial charge in [0.05, 0.1) is 0 Å². The van der Waals surface area contributed by atoms with Crippen LogP contribution in [0.3, 0.4) is 0 Å². The number of rotatable bonds is 5. The minimum Gasteiger partial charge on any atom is -0.308 e. The van der Waals surface area contributed by atoms with Gasteiger partial charge >= 0.3 is 0 Å². The summed E-state index contributed by atoms with van der Waals surface area (Å²) in [6, 6.07) is 3.76. The van der Waals surface area contributed by atoms with Crippen LogP contribution in [-0.4, -0.2) is 9.97 Å². The number of benzene rings is 1. The van der Waals surface area contributed by atoms with Gasteiger partial charge in [-0.1, -0.05) is 18.7 Å². The quantitative estimate of drug-likeness (QED) is 0.503. The molecule has 0 atom stereocenters. The van der Waals surface area contributed by atoms with Gasteiger partial charge < -0.3 is 5.43 Å². The summed E-state index contributed by atoms with van der Waals surface area (Å²) < 4.78 is 26.2. The number of nitrogens with zero attached hydrogens (tertiary/aromatic N) is 2. The third-order valence-corrected chi connectivity index (χ3v) is 3.94. The van der Waals surface area contributed by atoms with Crippen molar-refractivity contribution < 1.29 is 8.78 Å². The lowest BCUT2D eigenvalue weighted by Gasteiger charge is -2.11. The average molecular weight is 310 g/mol. The normalized spacial score (nSPS) is 10.7. The van der Waals surface area contributed by atoms with Crippen LogP contribution in [-0.2, 0) is 6.42 Å². The summed E-state index contributed by atoms with van der Waals surface area (Å²) in [6.07, 6.45) is 1.63.